The molecule has 0 spiro atoms. The summed E-state index contributed by atoms with van der Waals surface area (Å²) in [4.78, 5) is 27.6. The molecule has 0 aliphatic carbocycles. The van der Waals surface area contributed by atoms with Crippen molar-refractivity contribution in [3.8, 4) is 0 Å². The maximum atomic E-state index is 12.1. The molecule has 0 bridgehead atoms. The molecule has 2 rings (SSSR count). The fourth-order valence-electron chi connectivity index (χ4n) is 2.24. The minimum atomic E-state index is -0.294. The third-order valence-corrected chi connectivity index (χ3v) is 3.92. The zero-order chi connectivity index (χ0) is 15.4. The predicted molar refractivity (Wildman–Crippen MR) is 81.7 cm³/mol. The number of allylic oxidation sites excluding steroid dienone is 1. The number of thiazole rings is 1. The second kappa shape index (κ2) is 6.57. The lowest BCUT2D eigenvalue weighted by atomic mass is 10.0. The first-order valence-electron chi connectivity index (χ1n) is 6.73. The molecule has 1 atom stereocenters. The molecule has 0 fully saturated rings. The normalized spacial score (nSPS) is 18.2. The zero-order valence-electron chi connectivity index (χ0n) is 12.0. The van der Waals surface area contributed by atoms with E-state index in [4.69, 9.17) is 5.73 Å². The molecule has 2 heterocycles. The Morgan fingerprint density at radius 3 is 2.95 bits per heavy atom. The lowest BCUT2D eigenvalue weighted by Crippen LogP contribution is -2.50. The van der Waals surface area contributed by atoms with E-state index in [0.29, 0.717) is 22.9 Å². The van der Waals surface area contributed by atoms with Crippen LogP contribution in [0, 0.1) is 0 Å². The molecule has 5 N–H and O–H groups in total. The van der Waals surface area contributed by atoms with E-state index in [9.17, 15) is 9.59 Å². The number of urea groups is 1. The van der Waals surface area contributed by atoms with Crippen LogP contribution in [-0.2, 0) is 11.2 Å². The van der Waals surface area contributed by atoms with Gasteiger partial charge in [0.05, 0.1) is 17.3 Å². The number of amides is 3. The summed E-state index contributed by atoms with van der Waals surface area (Å²) >= 11 is 1.42. The Bertz CT molecular complexity index is 581. The molecule has 0 saturated carbocycles. The van der Waals surface area contributed by atoms with Crippen LogP contribution in [-0.4, -0.2) is 29.5 Å². The average Bonchev–Trinajstić information content (AvgIpc) is 2.79. The fraction of sp³-hybridized carbons (Fsp3) is 0.462. The van der Waals surface area contributed by atoms with E-state index in [0.717, 1.165) is 18.5 Å². The molecule has 1 aliphatic rings. The van der Waals surface area contributed by atoms with Crippen LogP contribution in [0.4, 0.5) is 9.93 Å². The molecule has 1 aliphatic heterocycles. The van der Waals surface area contributed by atoms with E-state index in [1.807, 2.05) is 5.38 Å². The second-order valence-corrected chi connectivity index (χ2v) is 5.79. The van der Waals surface area contributed by atoms with E-state index in [1.165, 1.54) is 11.3 Å². The molecule has 0 radical (unpaired) electrons. The van der Waals surface area contributed by atoms with Crippen molar-refractivity contribution in [1.29, 1.82) is 0 Å². The summed E-state index contributed by atoms with van der Waals surface area (Å²) in [5.74, 6) is -0.162. The molecular weight excluding hydrogens is 290 g/mol. The van der Waals surface area contributed by atoms with Gasteiger partial charge in [-0.05, 0) is 26.7 Å². The number of carbonyl (C=O) groups is 2. The summed E-state index contributed by atoms with van der Waals surface area (Å²) in [6, 6.07) is -0.574. The quantitative estimate of drug-likeness (QED) is 0.602. The van der Waals surface area contributed by atoms with Crippen molar-refractivity contribution in [2.45, 2.75) is 32.7 Å². The number of carbonyl (C=O) groups excluding carboxylic acids is 2. The van der Waals surface area contributed by atoms with Crippen LogP contribution in [0.5, 0.6) is 0 Å². The van der Waals surface area contributed by atoms with Crippen molar-refractivity contribution in [2.75, 3.05) is 12.3 Å². The molecule has 7 nitrogen and oxygen atoms in total. The lowest BCUT2D eigenvalue weighted by Gasteiger charge is -2.25. The Balaban J connectivity index is 1.81. The summed E-state index contributed by atoms with van der Waals surface area (Å²) in [7, 11) is 0. The van der Waals surface area contributed by atoms with E-state index >= 15 is 0 Å². The van der Waals surface area contributed by atoms with Crippen LogP contribution in [0.1, 0.15) is 26.0 Å². The van der Waals surface area contributed by atoms with Crippen molar-refractivity contribution in [3.05, 3.63) is 22.3 Å². The average molecular weight is 309 g/mol. The Kier molecular flexibility index (Phi) is 4.79. The van der Waals surface area contributed by atoms with Crippen LogP contribution in [0.2, 0.25) is 0 Å². The molecule has 114 valence electrons. The Morgan fingerprint density at radius 1 is 1.57 bits per heavy atom. The number of nitrogen functional groups attached to an aromatic ring is 1. The first kappa shape index (κ1) is 15.3. The Hall–Kier alpha value is -2.09. The zero-order valence-corrected chi connectivity index (χ0v) is 12.8. The van der Waals surface area contributed by atoms with E-state index < -0.39 is 0 Å². The monoisotopic (exact) mass is 309 g/mol. The van der Waals surface area contributed by atoms with Crippen molar-refractivity contribution in [1.82, 2.24) is 20.9 Å². The van der Waals surface area contributed by atoms with Gasteiger partial charge in [0, 0.05) is 17.6 Å². The molecule has 8 heteroatoms. The van der Waals surface area contributed by atoms with Gasteiger partial charge in [-0.25, -0.2) is 9.78 Å². The SMILES string of the molecule is CC1=C(C(=O)NCCCc2csc(N)n2)[C@H](C)NC(=O)N1. The molecule has 0 saturated heterocycles. The summed E-state index contributed by atoms with van der Waals surface area (Å²) in [5, 5.41) is 10.6. The molecule has 3 amide bonds. The number of hydrogen-bond donors (Lipinski definition) is 4. The van der Waals surface area contributed by atoms with Crippen LogP contribution in [0.15, 0.2) is 16.7 Å². The van der Waals surface area contributed by atoms with Crippen LogP contribution < -0.4 is 21.7 Å². The number of rotatable bonds is 5. The van der Waals surface area contributed by atoms with Gasteiger partial charge in [0.1, 0.15) is 0 Å². The third-order valence-electron chi connectivity index (χ3n) is 3.20. The maximum Gasteiger partial charge on any atom is 0.319 e. The number of anilines is 1. The highest BCUT2D eigenvalue weighted by atomic mass is 32.1. The standard InChI is InChI=1S/C13H19N5O2S/c1-7-10(8(2)17-13(20)16-7)11(19)15-5-3-4-9-6-21-12(14)18-9/h6-7H,3-5H2,1-2H3,(H2,14,18)(H,15,19)(H2,16,17,20)/t7-/m0/s1. The highest BCUT2D eigenvalue weighted by molar-refractivity contribution is 7.13. The highest BCUT2D eigenvalue weighted by Crippen LogP contribution is 2.13. The summed E-state index contributed by atoms with van der Waals surface area (Å²) in [6.45, 7) is 4.06. The van der Waals surface area contributed by atoms with E-state index in [-0.39, 0.29) is 18.0 Å². The van der Waals surface area contributed by atoms with Gasteiger partial charge < -0.3 is 21.7 Å². The van der Waals surface area contributed by atoms with Gasteiger partial charge in [0.15, 0.2) is 5.13 Å². The number of aryl methyl sites for hydroxylation is 1. The van der Waals surface area contributed by atoms with Crippen molar-refractivity contribution in [2.24, 2.45) is 0 Å². The number of aromatic nitrogens is 1. The predicted octanol–water partition coefficient (Wildman–Crippen LogP) is 0.749. The maximum absolute atomic E-state index is 12.1. The molecular formula is C13H19N5O2S. The number of hydrogen-bond acceptors (Lipinski definition) is 5. The number of nitrogens with zero attached hydrogens (tertiary/aromatic N) is 1. The number of nitrogens with one attached hydrogen (secondary N) is 3. The van der Waals surface area contributed by atoms with Gasteiger partial charge in [0.2, 0.25) is 0 Å². The minimum Gasteiger partial charge on any atom is -0.375 e. The van der Waals surface area contributed by atoms with Crippen molar-refractivity contribution >= 4 is 28.4 Å². The summed E-state index contributed by atoms with van der Waals surface area (Å²) < 4.78 is 0. The van der Waals surface area contributed by atoms with Gasteiger partial charge >= 0.3 is 6.03 Å². The molecule has 1 aromatic rings. The lowest BCUT2D eigenvalue weighted by molar-refractivity contribution is -0.117. The second-order valence-electron chi connectivity index (χ2n) is 4.90. The van der Waals surface area contributed by atoms with Crippen LogP contribution >= 0.6 is 11.3 Å². The number of nitrogens with two attached hydrogens (primary N) is 1. The van der Waals surface area contributed by atoms with E-state index in [2.05, 4.69) is 20.9 Å². The fourth-order valence-corrected chi connectivity index (χ4v) is 2.84. The van der Waals surface area contributed by atoms with Gasteiger partial charge in [0.25, 0.3) is 5.91 Å². The molecule has 0 unspecified atom stereocenters. The molecule has 21 heavy (non-hydrogen) atoms. The van der Waals surface area contributed by atoms with Gasteiger partial charge in [-0.15, -0.1) is 11.3 Å². The molecule has 0 aromatic carbocycles. The van der Waals surface area contributed by atoms with Gasteiger partial charge in [-0.1, -0.05) is 0 Å². The largest absolute Gasteiger partial charge is 0.375 e. The van der Waals surface area contributed by atoms with Gasteiger partial charge in [-0.2, -0.15) is 0 Å². The highest BCUT2D eigenvalue weighted by Gasteiger charge is 2.26. The van der Waals surface area contributed by atoms with E-state index in [1.54, 1.807) is 13.8 Å². The topological polar surface area (TPSA) is 109 Å². The van der Waals surface area contributed by atoms with Crippen LogP contribution in [0.3, 0.4) is 0 Å². The first-order valence-corrected chi connectivity index (χ1v) is 7.61. The minimum absolute atomic E-state index is 0.162. The molecule has 1 aromatic heterocycles. The third kappa shape index (κ3) is 3.94. The smallest absolute Gasteiger partial charge is 0.319 e. The van der Waals surface area contributed by atoms with Crippen LogP contribution in [0.25, 0.3) is 0 Å². The summed E-state index contributed by atoms with van der Waals surface area (Å²) in [6.07, 6.45) is 1.56. The Labute approximate surface area is 127 Å². The first-order chi connectivity index (χ1) is 9.97. The van der Waals surface area contributed by atoms with Crippen molar-refractivity contribution < 1.29 is 9.59 Å². The van der Waals surface area contributed by atoms with Crippen molar-refractivity contribution in [3.63, 3.8) is 0 Å². The van der Waals surface area contributed by atoms with Gasteiger partial charge in [-0.3, -0.25) is 4.79 Å². The summed E-state index contributed by atoms with van der Waals surface area (Å²) in [5.41, 5.74) is 7.66. The Morgan fingerprint density at radius 2 is 2.33 bits per heavy atom.